The van der Waals surface area contributed by atoms with Crippen molar-refractivity contribution in [3.05, 3.63) is 63.7 Å². The lowest BCUT2D eigenvalue weighted by molar-refractivity contribution is -0.142. The number of esters is 1. The SMILES string of the molecule is CC#CC(=O)OC(N)CC(Oc1ccc(I)cc1)c1ccccc1. The van der Waals surface area contributed by atoms with Gasteiger partial charge >= 0.3 is 5.97 Å². The van der Waals surface area contributed by atoms with E-state index < -0.39 is 12.2 Å². The topological polar surface area (TPSA) is 61.5 Å². The van der Waals surface area contributed by atoms with Gasteiger partial charge in [0.1, 0.15) is 11.9 Å². The molecule has 0 spiro atoms. The molecule has 2 atom stereocenters. The van der Waals surface area contributed by atoms with Crippen molar-refractivity contribution in [2.45, 2.75) is 25.7 Å². The smallest absolute Gasteiger partial charge is 0.385 e. The van der Waals surface area contributed by atoms with Crippen LogP contribution in [0.4, 0.5) is 0 Å². The number of halogens is 1. The largest absolute Gasteiger partial charge is 0.486 e. The zero-order valence-electron chi connectivity index (χ0n) is 13.2. The highest BCUT2D eigenvalue weighted by atomic mass is 127. The van der Waals surface area contributed by atoms with Crippen LogP contribution in [-0.2, 0) is 9.53 Å². The van der Waals surface area contributed by atoms with Gasteiger partial charge in [0, 0.05) is 15.9 Å². The van der Waals surface area contributed by atoms with Crippen molar-refractivity contribution in [1.29, 1.82) is 0 Å². The first-order chi connectivity index (χ1) is 11.6. The number of carbonyl (C=O) groups is 1. The van der Waals surface area contributed by atoms with E-state index in [0.29, 0.717) is 6.42 Å². The fourth-order valence-corrected chi connectivity index (χ4v) is 2.49. The third-order valence-electron chi connectivity index (χ3n) is 3.20. The fraction of sp³-hybridized carbons (Fsp3) is 0.211. The second-order valence-electron chi connectivity index (χ2n) is 5.03. The average molecular weight is 435 g/mol. The molecule has 0 fully saturated rings. The van der Waals surface area contributed by atoms with Crippen molar-refractivity contribution in [2.24, 2.45) is 5.73 Å². The Balaban J connectivity index is 2.12. The molecule has 0 bridgehead atoms. The van der Waals surface area contributed by atoms with Gasteiger partial charge in [0.2, 0.25) is 0 Å². The third kappa shape index (κ3) is 5.87. The third-order valence-corrected chi connectivity index (χ3v) is 3.91. The molecule has 2 rings (SSSR count). The van der Waals surface area contributed by atoms with Crippen molar-refractivity contribution < 1.29 is 14.3 Å². The van der Waals surface area contributed by atoms with Crippen molar-refractivity contribution >= 4 is 28.6 Å². The van der Waals surface area contributed by atoms with Gasteiger partial charge in [0.25, 0.3) is 0 Å². The normalized spacial score (nSPS) is 12.5. The van der Waals surface area contributed by atoms with E-state index in [1.165, 1.54) is 0 Å². The molecule has 0 aliphatic heterocycles. The van der Waals surface area contributed by atoms with Gasteiger partial charge < -0.3 is 9.47 Å². The molecule has 0 heterocycles. The van der Waals surface area contributed by atoms with E-state index >= 15 is 0 Å². The van der Waals surface area contributed by atoms with Gasteiger partial charge in [-0.15, -0.1) is 0 Å². The van der Waals surface area contributed by atoms with Gasteiger partial charge in [-0.05, 0) is 59.3 Å². The highest BCUT2D eigenvalue weighted by Crippen LogP contribution is 2.26. The Morgan fingerprint density at radius 1 is 1.17 bits per heavy atom. The molecule has 0 amide bonds. The van der Waals surface area contributed by atoms with E-state index in [1.54, 1.807) is 6.92 Å². The standard InChI is InChI=1S/C19H18INO3/c1-2-6-19(22)24-18(21)13-17(14-7-4-3-5-8-14)23-16-11-9-15(20)10-12-16/h3-5,7-12,17-18H,13,21H2,1H3. The minimum Gasteiger partial charge on any atom is -0.486 e. The molecule has 24 heavy (non-hydrogen) atoms. The maximum Gasteiger partial charge on any atom is 0.385 e. The summed E-state index contributed by atoms with van der Waals surface area (Å²) in [4.78, 5) is 11.4. The van der Waals surface area contributed by atoms with Crippen LogP contribution in [0.1, 0.15) is 25.0 Å². The lowest BCUT2D eigenvalue weighted by Gasteiger charge is -2.22. The predicted molar refractivity (Wildman–Crippen MR) is 101 cm³/mol. The Kier molecular flexibility index (Phi) is 7.09. The molecule has 0 aromatic heterocycles. The number of hydrogen-bond donors (Lipinski definition) is 1. The van der Waals surface area contributed by atoms with Crippen molar-refractivity contribution in [2.75, 3.05) is 0 Å². The lowest BCUT2D eigenvalue weighted by Crippen LogP contribution is -2.30. The summed E-state index contributed by atoms with van der Waals surface area (Å²) in [5.74, 6) is 4.90. The fourth-order valence-electron chi connectivity index (χ4n) is 2.13. The van der Waals surface area contributed by atoms with E-state index in [1.807, 2.05) is 54.6 Å². The summed E-state index contributed by atoms with van der Waals surface area (Å²) in [5.41, 5.74) is 6.89. The summed E-state index contributed by atoms with van der Waals surface area (Å²) >= 11 is 2.24. The van der Waals surface area contributed by atoms with Crippen LogP contribution in [0.3, 0.4) is 0 Å². The van der Waals surface area contributed by atoms with Crippen LogP contribution in [0.15, 0.2) is 54.6 Å². The lowest BCUT2D eigenvalue weighted by atomic mass is 10.1. The van der Waals surface area contributed by atoms with Crippen LogP contribution in [0.5, 0.6) is 5.75 Å². The summed E-state index contributed by atoms with van der Waals surface area (Å²) in [7, 11) is 0. The number of ether oxygens (including phenoxy) is 2. The van der Waals surface area contributed by atoms with Crippen LogP contribution in [0.2, 0.25) is 0 Å². The molecule has 2 aromatic carbocycles. The van der Waals surface area contributed by atoms with Gasteiger partial charge in [-0.2, -0.15) is 0 Å². The molecule has 2 aromatic rings. The number of rotatable bonds is 6. The van der Waals surface area contributed by atoms with E-state index in [4.69, 9.17) is 15.2 Å². The second-order valence-corrected chi connectivity index (χ2v) is 6.27. The number of benzene rings is 2. The predicted octanol–water partition coefficient (Wildman–Crippen LogP) is 3.65. The monoisotopic (exact) mass is 435 g/mol. The molecule has 5 heteroatoms. The summed E-state index contributed by atoms with van der Waals surface area (Å²) in [6, 6.07) is 17.4. The van der Waals surface area contributed by atoms with E-state index in [9.17, 15) is 4.79 Å². The molecule has 2 N–H and O–H groups in total. The molecular weight excluding hydrogens is 417 g/mol. The molecule has 0 radical (unpaired) electrons. The van der Waals surface area contributed by atoms with Gasteiger partial charge in [-0.1, -0.05) is 36.3 Å². The first kappa shape index (κ1) is 18.3. The number of nitrogens with two attached hydrogens (primary N) is 1. The van der Waals surface area contributed by atoms with Gasteiger partial charge in [0.15, 0.2) is 6.23 Å². The minimum atomic E-state index is -0.799. The highest BCUT2D eigenvalue weighted by Gasteiger charge is 2.20. The molecule has 0 saturated heterocycles. The molecule has 0 aliphatic carbocycles. The number of hydrogen-bond acceptors (Lipinski definition) is 4. The first-order valence-electron chi connectivity index (χ1n) is 7.44. The van der Waals surface area contributed by atoms with Crippen LogP contribution in [0.25, 0.3) is 0 Å². The molecule has 0 saturated carbocycles. The number of carbonyl (C=O) groups excluding carboxylic acids is 1. The maximum absolute atomic E-state index is 11.4. The van der Waals surface area contributed by atoms with Gasteiger partial charge in [0.05, 0.1) is 0 Å². The van der Waals surface area contributed by atoms with Crippen LogP contribution < -0.4 is 10.5 Å². The summed E-state index contributed by atoms with van der Waals surface area (Å²) in [5, 5.41) is 0. The van der Waals surface area contributed by atoms with Crippen molar-refractivity contribution in [1.82, 2.24) is 0 Å². The maximum atomic E-state index is 11.4. The summed E-state index contributed by atoms with van der Waals surface area (Å²) in [6.07, 6.45) is -0.802. The quantitative estimate of drug-likeness (QED) is 0.248. The zero-order valence-corrected chi connectivity index (χ0v) is 15.4. The highest BCUT2D eigenvalue weighted by molar-refractivity contribution is 14.1. The van der Waals surface area contributed by atoms with Crippen molar-refractivity contribution in [3.63, 3.8) is 0 Å². The Morgan fingerprint density at radius 3 is 2.46 bits per heavy atom. The van der Waals surface area contributed by atoms with E-state index in [-0.39, 0.29) is 6.10 Å². The van der Waals surface area contributed by atoms with Crippen molar-refractivity contribution in [3.8, 4) is 17.6 Å². The zero-order chi connectivity index (χ0) is 17.4. The minimum absolute atomic E-state index is 0.327. The van der Waals surface area contributed by atoms with Crippen LogP contribution >= 0.6 is 22.6 Å². The second kappa shape index (κ2) is 9.30. The summed E-state index contributed by atoms with van der Waals surface area (Å²) in [6.45, 7) is 1.57. The van der Waals surface area contributed by atoms with Gasteiger partial charge in [-0.3, -0.25) is 5.73 Å². The molecular formula is C19H18INO3. The average Bonchev–Trinajstić information content (AvgIpc) is 2.57. The van der Waals surface area contributed by atoms with Crippen LogP contribution in [-0.4, -0.2) is 12.2 Å². The Hall–Kier alpha value is -2.04. The molecule has 2 unspecified atom stereocenters. The summed E-state index contributed by atoms with van der Waals surface area (Å²) < 4.78 is 12.3. The van der Waals surface area contributed by atoms with E-state index in [2.05, 4.69) is 34.4 Å². The molecule has 0 aliphatic rings. The Labute approximate surface area is 155 Å². The Bertz CT molecular complexity index is 720. The van der Waals surface area contributed by atoms with Crippen LogP contribution in [0, 0.1) is 15.4 Å². The van der Waals surface area contributed by atoms with Gasteiger partial charge in [-0.25, -0.2) is 4.79 Å². The molecule has 4 nitrogen and oxygen atoms in total. The first-order valence-corrected chi connectivity index (χ1v) is 8.52. The Morgan fingerprint density at radius 2 is 1.83 bits per heavy atom. The molecule has 124 valence electrons. The van der Waals surface area contributed by atoms with E-state index in [0.717, 1.165) is 14.9 Å².